The fourth-order valence-electron chi connectivity index (χ4n) is 14.5. The average molecular weight is 1470 g/mol. The second-order valence-electron chi connectivity index (χ2n) is 28.8. The first-order valence-electron chi connectivity index (χ1n) is 35.9. The standard InChI is InChI=1S/C73H106F6N12O13/c1-14-44(4)36-59(93)84(8)43-61(95)87(11)54-24-19-20-35-90(68(54)101)57(38-47-25-29-49(30-26-47)72(74,75)76)67(100)85(9)42-58(92)81-52(32-28-46-27-31-51(45(5)37-46)73(77,78)79)65(98)91-41-50(104-16-3)39-55(91)64(97)82-71(33-21-34-71)70(103)89(13)62(48-22-17-18-23-48)69(102)88(12)56(66(99)83(6)7)40-60(94)86(10)53(15-2)63(80)96/h25-27,29-31,37,44,48,50,52-57,62H,14-24,28,32-36,38-43H2,1-13H3,(H2,80,96)(H,81,92)(H,82,97)/t44-,50+,52-,53+,54-,55-,56-,57-,62-/m0/s1. The maximum Gasteiger partial charge on any atom is 0.416 e. The largest absolute Gasteiger partial charge is 0.416 e. The van der Waals surface area contributed by atoms with Gasteiger partial charge in [-0.2, -0.15) is 26.3 Å². The minimum absolute atomic E-state index is 0.0426. The van der Waals surface area contributed by atoms with Gasteiger partial charge < -0.3 is 65.2 Å². The summed E-state index contributed by atoms with van der Waals surface area (Å²) in [6.07, 6.45) is -6.52. The summed E-state index contributed by atoms with van der Waals surface area (Å²) in [6, 6.07) is -1.82. The summed E-state index contributed by atoms with van der Waals surface area (Å²) < 4.78 is 89.6. The van der Waals surface area contributed by atoms with Gasteiger partial charge in [-0.3, -0.25) is 57.5 Å². The second-order valence-corrected chi connectivity index (χ2v) is 28.8. The molecule has 6 rings (SSSR count). The molecule has 0 spiro atoms. The minimum Gasteiger partial charge on any atom is -0.377 e. The van der Waals surface area contributed by atoms with Crippen LogP contribution in [0.1, 0.15) is 158 Å². The van der Waals surface area contributed by atoms with E-state index in [4.69, 9.17) is 10.5 Å². The van der Waals surface area contributed by atoms with Gasteiger partial charge in [0.05, 0.1) is 36.7 Å². The molecule has 578 valence electrons. The van der Waals surface area contributed by atoms with Crippen molar-refractivity contribution < 1.29 is 88.6 Å². The molecule has 2 saturated carbocycles. The van der Waals surface area contributed by atoms with Gasteiger partial charge in [-0.1, -0.05) is 64.3 Å². The Bertz CT molecular complexity index is 3420. The van der Waals surface area contributed by atoms with E-state index in [0.29, 0.717) is 50.5 Å². The lowest BCUT2D eigenvalue weighted by atomic mass is 9.74. The van der Waals surface area contributed by atoms with Crippen LogP contribution < -0.4 is 16.4 Å². The van der Waals surface area contributed by atoms with Crippen molar-refractivity contribution in [1.29, 1.82) is 0 Å². The van der Waals surface area contributed by atoms with Crippen molar-refractivity contribution >= 4 is 70.9 Å². The smallest absolute Gasteiger partial charge is 0.377 e. The summed E-state index contributed by atoms with van der Waals surface area (Å²) in [5.74, 6) is -8.68. The number of ether oxygens (including phenoxy) is 1. The number of carbonyl (C=O) groups is 12. The molecule has 0 radical (unpaired) electrons. The summed E-state index contributed by atoms with van der Waals surface area (Å²) in [5.41, 5.74) is 2.48. The van der Waals surface area contributed by atoms with E-state index in [2.05, 4.69) is 10.6 Å². The van der Waals surface area contributed by atoms with Crippen LogP contribution >= 0.6 is 0 Å². The highest BCUT2D eigenvalue weighted by Crippen LogP contribution is 2.39. The van der Waals surface area contributed by atoms with E-state index in [9.17, 15) is 59.9 Å². The van der Waals surface area contributed by atoms with E-state index in [-0.39, 0.29) is 107 Å². The topological polar surface area (TPSA) is 293 Å². The molecule has 4 N–H and O–H groups in total. The predicted octanol–water partition coefficient (Wildman–Crippen LogP) is 5.34. The van der Waals surface area contributed by atoms with Crippen LogP contribution in [0.2, 0.25) is 0 Å². The fourth-order valence-corrected chi connectivity index (χ4v) is 14.5. The Balaban J connectivity index is 1.30. The van der Waals surface area contributed by atoms with Gasteiger partial charge in [0.25, 0.3) is 0 Å². The molecule has 104 heavy (non-hydrogen) atoms. The van der Waals surface area contributed by atoms with Crippen molar-refractivity contribution in [1.82, 2.24) is 54.7 Å². The number of likely N-dealkylation sites (N-methyl/N-ethyl adjacent to an activating group) is 7. The van der Waals surface area contributed by atoms with E-state index in [1.165, 1.54) is 105 Å². The monoisotopic (exact) mass is 1470 g/mol. The molecular weight excluding hydrogens is 1370 g/mol. The van der Waals surface area contributed by atoms with Crippen molar-refractivity contribution in [2.24, 2.45) is 17.6 Å². The molecule has 9 atom stereocenters. The van der Waals surface area contributed by atoms with Crippen LogP contribution in [0.5, 0.6) is 0 Å². The Hall–Kier alpha value is -8.38. The molecule has 2 aromatic rings. The second kappa shape index (κ2) is 36.6. The van der Waals surface area contributed by atoms with Gasteiger partial charge >= 0.3 is 12.4 Å². The van der Waals surface area contributed by atoms with Crippen LogP contribution in [0.25, 0.3) is 0 Å². The first-order chi connectivity index (χ1) is 48.7. The van der Waals surface area contributed by atoms with E-state index in [1.54, 1.807) is 13.8 Å². The zero-order valence-electron chi connectivity index (χ0n) is 62.3. The van der Waals surface area contributed by atoms with Gasteiger partial charge in [-0.05, 0) is 131 Å². The highest BCUT2D eigenvalue weighted by atomic mass is 19.4. The molecule has 2 aromatic carbocycles. The number of carbonyl (C=O) groups excluding carboxylic acids is 12. The van der Waals surface area contributed by atoms with Crippen LogP contribution in [0, 0.1) is 18.8 Å². The molecule has 2 aliphatic carbocycles. The van der Waals surface area contributed by atoms with E-state index in [0.717, 1.165) is 51.5 Å². The number of likely N-dealkylation sites (tertiary alicyclic amines) is 2. The highest BCUT2D eigenvalue weighted by molar-refractivity contribution is 6.00. The quantitative estimate of drug-likeness (QED) is 0.0781. The number of hydrogen-bond acceptors (Lipinski definition) is 13. The molecule has 25 nitrogen and oxygen atoms in total. The first-order valence-corrected chi connectivity index (χ1v) is 35.9. The molecule has 4 fully saturated rings. The summed E-state index contributed by atoms with van der Waals surface area (Å²) in [4.78, 5) is 183. The van der Waals surface area contributed by atoms with Gasteiger partial charge in [0, 0.05) is 95.3 Å². The third-order valence-electron chi connectivity index (χ3n) is 21.2. The molecule has 12 amide bonds. The predicted molar refractivity (Wildman–Crippen MR) is 372 cm³/mol. The zero-order valence-corrected chi connectivity index (χ0v) is 62.3. The number of aryl methyl sites for hydroxylation is 2. The van der Waals surface area contributed by atoms with Crippen LogP contribution in [0.3, 0.4) is 0 Å². The van der Waals surface area contributed by atoms with E-state index < -0.39 is 161 Å². The number of nitrogens with two attached hydrogens (primary N) is 1. The summed E-state index contributed by atoms with van der Waals surface area (Å²) >= 11 is 0. The highest BCUT2D eigenvalue weighted by Gasteiger charge is 2.54. The number of hydrogen-bond donors (Lipinski definition) is 3. The Morgan fingerprint density at radius 3 is 1.87 bits per heavy atom. The first kappa shape index (κ1) is 84.6. The van der Waals surface area contributed by atoms with Crippen molar-refractivity contribution in [3.05, 3.63) is 70.3 Å². The maximum absolute atomic E-state index is 15.5. The zero-order chi connectivity index (χ0) is 77.6. The van der Waals surface area contributed by atoms with Crippen LogP contribution in [-0.2, 0) is 87.5 Å². The van der Waals surface area contributed by atoms with Gasteiger partial charge in [0.1, 0.15) is 47.8 Å². The Morgan fingerprint density at radius 2 is 1.32 bits per heavy atom. The van der Waals surface area contributed by atoms with Crippen molar-refractivity contribution in [2.45, 2.75) is 216 Å². The Kier molecular flexibility index (Phi) is 29.7. The van der Waals surface area contributed by atoms with E-state index >= 15 is 24.0 Å². The summed E-state index contributed by atoms with van der Waals surface area (Å²) in [7, 11) is 11.2. The lowest BCUT2D eigenvalue weighted by Crippen LogP contribution is -2.68. The molecular formula is C73H106F6N12O13. The molecule has 4 aliphatic rings. The minimum atomic E-state index is -4.72. The Morgan fingerprint density at radius 1 is 0.692 bits per heavy atom. The lowest BCUT2D eigenvalue weighted by molar-refractivity contribution is -0.157. The van der Waals surface area contributed by atoms with Crippen LogP contribution in [0.15, 0.2) is 42.5 Å². The SMILES string of the molecule is CCO[C@@H]1C[C@@H](C(=O)NC2(C(=O)N(C)[C@H](C(=O)N(C)[C@@H](CC(=O)N(C)[C@H](CC)C(N)=O)C(=O)N(C)C)C3CCCC3)CCC2)N(C(=O)[C@H](CCc2ccc(C(F)(F)F)c(C)c2)NC(=O)CN(C)C(=O)[C@H](Cc2ccc(C(F)(F)F)cc2)N2CCCC[C@H](N(C)C(=O)CN(C)C(=O)C[C@@H](C)CC)C2=O)C1. The number of primary amides is 1. The average Bonchev–Trinajstić information content (AvgIpc) is 1.23. The number of nitrogens with zero attached hydrogens (tertiary/aromatic N) is 9. The van der Waals surface area contributed by atoms with Crippen LogP contribution in [0.4, 0.5) is 26.3 Å². The summed E-state index contributed by atoms with van der Waals surface area (Å²) in [6.45, 7) is 7.12. The third-order valence-corrected chi connectivity index (χ3v) is 21.2. The number of benzene rings is 2. The fraction of sp³-hybridized carbons (Fsp3) is 0.671. The molecule has 2 saturated heterocycles. The number of halogens is 6. The summed E-state index contributed by atoms with van der Waals surface area (Å²) in [5, 5.41) is 5.65. The molecule has 2 aliphatic heterocycles. The molecule has 0 aromatic heterocycles. The van der Waals surface area contributed by atoms with Gasteiger partial charge in [-0.15, -0.1) is 0 Å². The lowest BCUT2D eigenvalue weighted by Gasteiger charge is -2.46. The van der Waals surface area contributed by atoms with Gasteiger partial charge in [-0.25, -0.2) is 0 Å². The van der Waals surface area contributed by atoms with Crippen molar-refractivity contribution in [2.75, 3.05) is 89.2 Å². The van der Waals surface area contributed by atoms with Gasteiger partial charge in [0.15, 0.2) is 0 Å². The van der Waals surface area contributed by atoms with Crippen molar-refractivity contribution in [3.63, 3.8) is 0 Å². The maximum atomic E-state index is 15.5. The number of amides is 12. The van der Waals surface area contributed by atoms with Crippen LogP contribution in [-0.4, -0.2) is 258 Å². The Labute approximate surface area is 605 Å². The molecule has 0 unspecified atom stereocenters. The number of alkyl halides is 6. The number of rotatable bonds is 32. The molecule has 2 heterocycles. The van der Waals surface area contributed by atoms with Gasteiger partial charge in [0.2, 0.25) is 70.9 Å². The van der Waals surface area contributed by atoms with E-state index in [1.807, 2.05) is 13.8 Å². The number of nitrogens with one attached hydrogen (secondary N) is 2. The third kappa shape index (κ3) is 21.0. The normalized spacial score (nSPS) is 19.4. The van der Waals surface area contributed by atoms with Crippen molar-refractivity contribution in [3.8, 4) is 0 Å². The molecule has 0 bridgehead atoms. The molecule has 31 heteroatoms.